The van der Waals surface area contributed by atoms with Crippen molar-refractivity contribution >= 4 is 33.1 Å². The van der Waals surface area contributed by atoms with Crippen molar-refractivity contribution in [3.63, 3.8) is 0 Å². The molecule has 0 saturated carbocycles. The van der Waals surface area contributed by atoms with E-state index in [4.69, 9.17) is 9.97 Å². The summed E-state index contributed by atoms with van der Waals surface area (Å²) in [5.74, 6) is 0. The van der Waals surface area contributed by atoms with Crippen molar-refractivity contribution in [3.05, 3.63) is 72.9 Å². The summed E-state index contributed by atoms with van der Waals surface area (Å²) in [7, 11) is 0. The third kappa shape index (κ3) is 2.08. The molecule has 5 aromatic rings. The predicted molar refractivity (Wildman–Crippen MR) is 95.6 cm³/mol. The highest BCUT2D eigenvalue weighted by Gasteiger charge is 2.06. The number of hydrogen-bond acceptors (Lipinski definition) is 4. The highest BCUT2D eigenvalue weighted by Crippen LogP contribution is 2.24. The standard InChI is InChI=1S/C20H12N4/c1-2-5-18-17(4-1)23-19-8-7-13(12-20(19)24-18)14-9-10-15-16(22-14)6-3-11-21-15/h1-12H. The van der Waals surface area contributed by atoms with Crippen molar-refractivity contribution in [1.82, 2.24) is 19.9 Å². The van der Waals surface area contributed by atoms with E-state index >= 15 is 0 Å². The molecule has 0 spiro atoms. The lowest BCUT2D eigenvalue weighted by Gasteiger charge is -2.05. The van der Waals surface area contributed by atoms with Crippen LogP contribution in [0.25, 0.3) is 44.4 Å². The lowest BCUT2D eigenvalue weighted by atomic mass is 10.1. The average molecular weight is 308 g/mol. The average Bonchev–Trinajstić information content (AvgIpc) is 2.65. The number of hydrogen-bond donors (Lipinski definition) is 0. The zero-order chi connectivity index (χ0) is 15.9. The molecule has 24 heavy (non-hydrogen) atoms. The largest absolute Gasteiger partial charge is 0.255 e. The van der Waals surface area contributed by atoms with Crippen molar-refractivity contribution < 1.29 is 0 Å². The lowest BCUT2D eigenvalue weighted by molar-refractivity contribution is 1.33. The van der Waals surface area contributed by atoms with Crippen LogP contribution in [0.3, 0.4) is 0 Å². The van der Waals surface area contributed by atoms with Crippen LogP contribution in [0.2, 0.25) is 0 Å². The van der Waals surface area contributed by atoms with Gasteiger partial charge in [-0.1, -0.05) is 18.2 Å². The Kier molecular flexibility index (Phi) is 2.76. The summed E-state index contributed by atoms with van der Waals surface area (Å²) in [5.41, 5.74) is 7.29. The van der Waals surface area contributed by atoms with Gasteiger partial charge in [0.15, 0.2) is 0 Å². The van der Waals surface area contributed by atoms with E-state index in [9.17, 15) is 0 Å². The molecule has 5 rings (SSSR count). The SMILES string of the molecule is c1cnc2ccc(-c3ccc4nc5ccccc5nc4c3)nc2c1. The molecular weight excluding hydrogens is 296 g/mol. The maximum Gasteiger partial charge on any atom is 0.0901 e. The molecule has 0 bridgehead atoms. The first-order chi connectivity index (χ1) is 11.9. The third-order valence-corrected chi connectivity index (χ3v) is 4.09. The van der Waals surface area contributed by atoms with Crippen molar-refractivity contribution in [1.29, 1.82) is 0 Å². The molecule has 0 radical (unpaired) electrons. The van der Waals surface area contributed by atoms with Gasteiger partial charge in [0.25, 0.3) is 0 Å². The van der Waals surface area contributed by atoms with Crippen molar-refractivity contribution in [2.45, 2.75) is 0 Å². The highest BCUT2D eigenvalue weighted by atomic mass is 14.8. The van der Waals surface area contributed by atoms with Gasteiger partial charge in [-0.2, -0.15) is 0 Å². The first-order valence-electron chi connectivity index (χ1n) is 7.75. The number of aromatic nitrogens is 4. The molecule has 0 aliphatic carbocycles. The molecule has 2 aromatic carbocycles. The van der Waals surface area contributed by atoms with Crippen molar-refractivity contribution in [2.24, 2.45) is 0 Å². The van der Waals surface area contributed by atoms with Crippen LogP contribution in [0.5, 0.6) is 0 Å². The van der Waals surface area contributed by atoms with E-state index in [0.717, 1.165) is 44.4 Å². The van der Waals surface area contributed by atoms with Crippen LogP contribution in [0.4, 0.5) is 0 Å². The second-order valence-electron chi connectivity index (χ2n) is 5.65. The van der Waals surface area contributed by atoms with Gasteiger partial charge in [-0.15, -0.1) is 0 Å². The van der Waals surface area contributed by atoms with Crippen molar-refractivity contribution in [3.8, 4) is 11.3 Å². The quantitative estimate of drug-likeness (QED) is 0.431. The number of nitrogens with zero attached hydrogens (tertiary/aromatic N) is 4. The van der Waals surface area contributed by atoms with Gasteiger partial charge in [-0.25, -0.2) is 15.0 Å². The Labute approximate surface area is 137 Å². The summed E-state index contributed by atoms with van der Waals surface area (Å²) in [6.45, 7) is 0. The predicted octanol–water partition coefficient (Wildman–Crippen LogP) is 4.39. The third-order valence-electron chi connectivity index (χ3n) is 4.09. The van der Waals surface area contributed by atoms with Gasteiger partial charge in [0.1, 0.15) is 0 Å². The van der Waals surface area contributed by atoms with Gasteiger partial charge in [0.2, 0.25) is 0 Å². The highest BCUT2D eigenvalue weighted by molar-refractivity contribution is 5.89. The summed E-state index contributed by atoms with van der Waals surface area (Å²) in [5, 5.41) is 0. The Morgan fingerprint density at radius 1 is 0.500 bits per heavy atom. The molecule has 4 heteroatoms. The topological polar surface area (TPSA) is 51.6 Å². The summed E-state index contributed by atoms with van der Waals surface area (Å²) >= 11 is 0. The summed E-state index contributed by atoms with van der Waals surface area (Å²) in [6, 6.07) is 21.8. The number of fused-ring (bicyclic) bond motifs is 3. The van der Waals surface area contributed by atoms with Gasteiger partial charge in [0, 0.05) is 11.8 Å². The fourth-order valence-electron chi connectivity index (χ4n) is 2.90. The van der Waals surface area contributed by atoms with Crippen molar-refractivity contribution in [2.75, 3.05) is 0 Å². The first kappa shape index (κ1) is 13.1. The maximum atomic E-state index is 4.72. The molecule has 0 aliphatic heterocycles. The van der Waals surface area contributed by atoms with E-state index in [1.165, 1.54) is 0 Å². The fraction of sp³-hybridized carbons (Fsp3) is 0. The number of benzene rings is 2. The van der Waals surface area contributed by atoms with Crippen LogP contribution < -0.4 is 0 Å². The summed E-state index contributed by atoms with van der Waals surface area (Å²) in [6.07, 6.45) is 1.78. The molecule has 0 N–H and O–H groups in total. The van der Waals surface area contributed by atoms with E-state index < -0.39 is 0 Å². The molecule has 0 atom stereocenters. The molecule has 0 fully saturated rings. The molecule has 3 aromatic heterocycles. The zero-order valence-electron chi connectivity index (χ0n) is 12.7. The Morgan fingerprint density at radius 3 is 2.04 bits per heavy atom. The van der Waals surface area contributed by atoms with Crippen LogP contribution in [0.15, 0.2) is 72.9 Å². The minimum absolute atomic E-state index is 0.874. The fourth-order valence-corrected chi connectivity index (χ4v) is 2.90. The second-order valence-corrected chi connectivity index (χ2v) is 5.65. The lowest BCUT2D eigenvalue weighted by Crippen LogP contribution is -1.90. The molecule has 0 saturated heterocycles. The van der Waals surface area contributed by atoms with E-state index in [1.54, 1.807) is 6.20 Å². The van der Waals surface area contributed by atoms with Crippen LogP contribution in [0.1, 0.15) is 0 Å². The van der Waals surface area contributed by atoms with Crippen LogP contribution >= 0.6 is 0 Å². The second kappa shape index (κ2) is 5.06. The summed E-state index contributed by atoms with van der Waals surface area (Å²) in [4.78, 5) is 18.4. The Morgan fingerprint density at radius 2 is 1.17 bits per heavy atom. The number of para-hydroxylation sites is 2. The van der Waals surface area contributed by atoms with Gasteiger partial charge >= 0.3 is 0 Å². The molecule has 3 heterocycles. The monoisotopic (exact) mass is 308 g/mol. The first-order valence-corrected chi connectivity index (χ1v) is 7.75. The zero-order valence-corrected chi connectivity index (χ0v) is 12.7. The molecular formula is C20H12N4. The molecule has 0 aliphatic rings. The van der Waals surface area contributed by atoms with Gasteiger partial charge in [0.05, 0.1) is 38.8 Å². The van der Waals surface area contributed by atoms with Gasteiger partial charge < -0.3 is 0 Å². The van der Waals surface area contributed by atoms with Gasteiger partial charge in [-0.3, -0.25) is 4.98 Å². The number of rotatable bonds is 1. The molecule has 4 nitrogen and oxygen atoms in total. The molecule has 112 valence electrons. The normalized spacial score (nSPS) is 11.3. The number of pyridine rings is 2. The minimum atomic E-state index is 0.874. The molecule has 0 amide bonds. The smallest absolute Gasteiger partial charge is 0.0901 e. The van der Waals surface area contributed by atoms with Crippen LogP contribution in [-0.4, -0.2) is 19.9 Å². The van der Waals surface area contributed by atoms with E-state index in [2.05, 4.69) is 9.97 Å². The maximum absolute atomic E-state index is 4.72. The van der Waals surface area contributed by atoms with Crippen LogP contribution in [-0.2, 0) is 0 Å². The summed E-state index contributed by atoms with van der Waals surface area (Å²) < 4.78 is 0. The van der Waals surface area contributed by atoms with Gasteiger partial charge in [-0.05, 0) is 48.5 Å². The Hall–Kier alpha value is -3.40. The molecule has 0 unspecified atom stereocenters. The van der Waals surface area contributed by atoms with Crippen LogP contribution in [0, 0.1) is 0 Å². The Bertz CT molecular complexity index is 1210. The van der Waals surface area contributed by atoms with E-state index in [0.29, 0.717) is 0 Å². The van der Waals surface area contributed by atoms with E-state index in [-0.39, 0.29) is 0 Å². The minimum Gasteiger partial charge on any atom is -0.255 e. The van der Waals surface area contributed by atoms with E-state index in [1.807, 2.05) is 66.7 Å². The Balaban J connectivity index is 1.71.